The maximum absolute atomic E-state index is 10.7. The number of amides is 1. The Morgan fingerprint density at radius 2 is 2.50 bits per heavy atom. The molecule has 1 aromatic heterocycles. The standard InChI is InChI=1S/C8H5BrN2O/c1-2-7(12)11-6-4-3-5-10-8(6)9/h1,3-5H,(H,11,12). The lowest BCUT2D eigenvalue weighted by atomic mass is 10.4. The summed E-state index contributed by atoms with van der Waals surface area (Å²) in [6, 6.07) is 3.41. The van der Waals surface area contributed by atoms with E-state index in [0.717, 1.165) is 0 Å². The van der Waals surface area contributed by atoms with Gasteiger partial charge in [-0.2, -0.15) is 0 Å². The van der Waals surface area contributed by atoms with E-state index in [4.69, 9.17) is 6.42 Å². The van der Waals surface area contributed by atoms with Crippen molar-refractivity contribution in [2.24, 2.45) is 0 Å². The van der Waals surface area contributed by atoms with Gasteiger partial charge in [-0.3, -0.25) is 4.79 Å². The van der Waals surface area contributed by atoms with Gasteiger partial charge in [0.15, 0.2) is 0 Å². The highest BCUT2D eigenvalue weighted by Crippen LogP contribution is 2.17. The number of aromatic nitrogens is 1. The maximum atomic E-state index is 10.7. The Labute approximate surface area is 78.3 Å². The maximum Gasteiger partial charge on any atom is 0.300 e. The molecule has 1 N–H and O–H groups in total. The molecule has 60 valence electrons. The number of nitrogens with zero attached hydrogens (tertiary/aromatic N) is 1. The molecule has 0 radical (unpaired) electrons. The topological polar surface area (TPSA) is 42.0 Å². The van der Waals surface area contributed by atoms with Crippen LogP contribution < -0.4 is 5.32 Å². The number of nitrogens with one attached hydrogen (secondary N) is 1. The van der Waals surface area contributed by atoms with Crippen LogP contribution >= 0.6 is 15.9 Å². The molecule has 0 aromatic carbocycles. The van der Waals surface area contributed by atoms with Crippen molar-refractivity contribution in [3.63, 3.8) is 0 Å². The Kier molecular flexibility index (Phi) is 2.83. The summed E-state index contributed by atoms with van der Waals surface area (Å²) in [6.45, 7) is 0. The molecule has 3 nitrogen and oxygen atoms in total. The van der Waals surface area contributed by atoms with E-state index >= 15 is 0 Å². The van der Waals surface area contributed by atoms with Crippen molar-refractivity contribution in [1.82, 2.24) is 4.98 Å². The molecular formula is C8H5BrN2O. The fourth-order valence-corrected chi connectivity index (χ4v) is 0.987. The van der Waals surface area contributed by atoms with Crippen LogP contribution in [0.2, 0.25) is 0 Å². The molecule has 1 heterocycles. The van der Waals surface area contributed by atoms with Gasteiger partial charge < -0.3 is 5.32 Å². The zero-order valence-electron chi connectivity index (χ0n) is 6.04. The van der Waals surface area contributed by atoms with E-state index in [1.54, 1.807) is 18.3 Å². The molecular weight excluding hydrogens is 220 g/mol. The molecule has 12 heavy (non-hydrogen) atoms. The monoisotopic (exact) mass is 224 g/mol. The summed E-state index contributed by atoms with van der Waals surface area (Å²) in [6.07, 6.45) is 6.48. The number of hydrogen-bond donors (Lipinski definition) is 1. The summed E-state index contributed by atoms with van der Waals surface area (Å²) < 4.78 is 0.564. The normalized spacial score (nSPS) is 8.67. The van der Waals surface area contributed by atoms with Gasteiger partial charge in [0, 0.05) is 6.20 Å². The Morgan fingerprint density at radius 1 is 1.75 bits per heavy atom. The summed E-state index contributed by atoms with van der Waals surface area (Å²) in [4.78, 5) is 14.6. The van der Waals surface area contributed by atoms with E-state index in [0.29, 0.717) is 10.3 Å². The molecule has 1 aromatic rings. The van der Waals surface area contributed by atoms with Gasteiger partial charge in [-0.05, 0) is 34.0 Å². The van der Waals surface area contributed by atoms with Gasteiger partial charge in [0.2, 0.25) is 0 Å². The van der Waals surface area contributed by atoms with E-state index in [1.165, 1.54) is 0 Å². The third-order valence-corrected chi connectivity index (χ3v) is 1.77. The van der Waals surface area contributed by atoms with Crippen LogP contribution in [0.3, 0.4) is 0 Å². The van der Waals surface area contributed by atoms with E-state index in [-0.39, 0.29) is 0 Å². The number of anilines is 1. The zero-order chi connectivity index (χ0) is 8.97. The number of hydrogen-bond acceptors (Lipinski definition) is 2. The minimum atomic E-state index is -0.483. The lowest BCUT2D eigenvalue weighted by molar-refractivity contribution is -0.111. The van der Waals surface area contributed by atoms with Gasteiger partial charge in [0.25, 0.3) is 5.91 Å². The molecule has 0 unspecified atom stereocenters. The van der Waals surface area contributed by atoms with E-state index < -0.39 is 5.91 Å². The Bertz CT molecular complexity index is 343. The minimum absolute atomic E-state index is 0.483. The summed E-state index contributed by atoms with van der Waals surface area (Å²) >= 11 is 3.16. The van der Waals surface area contributed by atoms with Gasteiger partial charge in [0.05, 0.1) is 5.69 Å². The molecule has 4 heteroatoms. The van der Waals surface area contributed by atoms with Gasteiger partial charge in [-0.25, -0.2) is 4.98 Å². The second-order valence-corrected chi connectivity index (χ2v) is 2.69. The fourth-order valence-electron chi connectivity index (χ4n) is 0.638. The van der Waals surface area contributed by atoms with Crippen molar-refractivity contribution >= 4 is 27.5 Å². The van der Waals surface area contributed by atoms with Crippen molar-refractivity contribution in [1.29, 1.82) is 0 Å². The largest absolute Gasteiger partial charge is 0.313 e. The predicted octanol–water partition coefficient (Wildman–Crippen LogP) is 1.42. The van der Waals surface area contributed by atoms with Crippen LogP contribution in [0.1, 0.15) is 0 Å². The second-order valence-electron chi connectivity index (χ2n) is 1.94. The van der Waals surface area contributed by atoms with Crippen LogP contribution in [0.25, 0.3) is 0 Å². The van der Waals surface area contributed by atoms with Crippen LogP contribution in [0.15, 0.2) is 22.9 Å². The molecule has 1 rings (SSSR count). The first kappa shape index (κ1) is 8.75. The van der Waals surface area contributed by atoms with Crippen molar-refractivity contribution in [3.05, 3.63) is 22.9 Å². The van der Waals surface area contributed by atoms with Crippen molar-refractivity contribution < 1.29 is 4.79 Å². The van der Waals surface area contributed by atoms with Crippen molar-refractivity contribution in [3.8, 4) is 12.3 Å². The lowest BCUT2D eigenvalue weighted by Crippen LogP contribution is -2.08. The van der Waals surface area contributed by atoms with Gasteiger partial charge >= 0.3 is 0 Å². The van der Waals surface area contributed by atoms with Crippen LogP contribution in [-0.4, -0.2) is 10.9 Å². The van der Waals surface area contributed by atoms with E-state index in [1.807, 2.05) is 5.92 Å². The first-order valence-electron chi connectivity index (χ1n) is 3.12. The second kappa shape index (κ2) is 3.88. The Morgan fingerprint density at radius 3 is 3.08 bits per heavy atom. The zero-order valence-corrected chi connectivity index (χ0v) is 7.63. The predicted molar refractivity (Wildman–Crippen MR) is 49.4 cm³/mol. The third-order valence-electron chi connectivity index (χ3n) is 1.14. The van der Waals surface area contributed by atoms with Crippen molar-refractivity contribution in [2.75, 3.05) is 5.32 Å². The number of carbonyl (C=O) groups excluding carboxylic acids is 1. The quantitative estimate of drug-likeness (QED) is 0.580. The van der Waals surface area contributed by atoms with Gasteiger partial charge in [0.1, 0.15) is 4.60 Å². The number of carbonyl (C=O) groups is 1. The first-order valence-corrected chi connectivity index (χ1v) is 3.91. The molecule has 0 saturated carbocycles. The Balaban J connectivity index is 2.84. The van der Waals surface area contributed by atoms with Gasteiger partial charge in [-0.1, -0.05) is 0 Å². The molecule has 0 aliphatic rings. The minimum Gasteiger partial charge on any atom is -0.313 e. The van der Waals surface area contributed by atoms with Crippen molar-refractivity contribution in [2.45, 2.75) is 0 Å². The summed E-state index contributed by atoms with van der Waals surface area (Å²) in [5, 5.41) is 2.48. The number of rotatable bonds is 1. The van der Waals surface area contributed by atoms with E-state index in [9.17, 15) is 4.79 Å². The number of halogens is 1. The lowest BCUT2D eigenvalue weighted by Gasteiger charge is -2.01. The highest BCUT2D eigenvalue weighted by molar-refractivity contribution is 9.10. The SMILES string of the molecule is C#CC(=O)Nc1cccnc1Br. The average Bonchev–Trinajstić information content (AvgIpc) is 2.09. The third kappa shape index (κ3) is 2.07. The summed E-state index contributed by atoms with van der Waals surface area (Å²) in [5.74, 6) is 1.46. The van der Waals surface area contributed by atoms with Crippen LogP contribution in [-0.2, 0) is 4.79 Å². The molecule has 0 aliphatic heterocycles. The number of pyridine rings is 1. The molecule has 0 spiro atoms. The smallest absolute Gasteiger partial charge is 0.300 e. The average molecular weight is 225 g/mol. The van der Waals surface area contributed by atoms with Gasteiger partial charge in [-0.15, -0.1) is 6.42 Å². The van der Waals surface area contributed by atoms with Crippen LogP contribution in [0.5, 0.6) is 0 Å². The molecule has 1 amide bonds. The molecule has 0 bridgehead atoms. The molecule has 0 atom stereocenters. The number of terminal acetylenes is 1. The molecule has 0 fully saturated rings. The molecule has 0 aliphatic carbocycles. The fraction of sp³-hybridized carbons (Fsp3) is 0. The Hall–Kier alpha value is -1.34. The summed E-state index contributed by atoms with van der Waals surface area (Å²) in [7, 11) is 0. The highest BCUT2D eigenvalue weighted by Gasteiger charge is 2.01. The van der Waals surface area contributed by atoms with Crippen LogP contribution in [0, 0.1) is 12.3 Å². The van der Waals surface area contributed by atoms with E-state index in [2.05, 4.69) is 26.2 Å². The summed E-state index contributed by atoms with van der Waals surface area (Å²) in [5.41, 5.74) is 0.570. The highest BCUT2D eigenvalue weighted by atomic mass is 79.9. The first-order chi connectivity index (χ1) is 5.74. The molecule has 0 saturated heterocycles. The van der Waals surface area contributed by atoms with Crippen LogP contribution in [0.4, 0.5) is 5.69 Å².